The Kier molecular flexibility index (Phi) is 7.36. The zero-order chi connectivity index (χ0) is 19.4. The van der Waals surface area contributed by atoms with Crippen LogP contribution in [0.3, 0.4) is 0 Å². The SMILES string of the molecule is CON(C)S(=O)(=O)c1cc(C(=O)OC(C)C(=O)NC(C)C)ccc1Cl. The van der Waals surface area contributed by atoms with Crippen molar-refractivity contribution < 1.29 is 27.6 Å². The molecule has 1 aromatic rings. The molecular formula is C15H21ClN2O6S. The van der Waals surface area contributed by atoms with Crippen LogP contribution >= 0.6 is 11.6 Å². The number of benzene rings is 1. The molecule has 0 aliphatic carbocycles. The molecule has 0 spiro atoms. The van der Waals surface area contributed by atoms with Gasteiger partial charge >= 0.3 is 5.97 Å². The van der Waals surface area contributed by atoms with E-state index in [-0.39, 0.29) is 21.5 Å². The Labute approximate surface area is 152 Å². The lowest BCUT2D eigenvalue weighted by Crippen LogP contribution is -2.39. The van der Waals surface area contributed by atoms with Gasteiger partial charge in [0.15, 0.2) is 6.10 Å². The summed E-state index contributed by atoms with van der Waals surface area (Å²) in [5.74, 6) is -1.30. The summed E-state index contributed by atoms with van der Waals surface area (Å²) < 4.78 is 30.3. The van der Waals surface area contributed by atoms with E-state index >= 15 is 0 Å². The number of amides is 1. The van der Waals surface area contributed by atoms with E-state index in [9.17, 15) is 18.0 Å². The third-order valence-electron chi connectivity index (χ3n) is 3.12. The van der Waals surface area contributed by atoms with Gasteiger partial charge in [0.2, 0.25) is 0 Å². The second-order valence-electron chi connectivity index (χ2n) is 5.45. The summed E-state index contributed by atoms with van der Waals surface area (Å²) in [5, 5.41) is 2.53. The minimum Gasteiger partial charge on any atom is -0.449 e. The molecule has 0 bridgehead atoms. The lowest BCUT2D eigenvalue weighted by Gasteiger charge is -2.17. The number of ether oxygens (including phenoxy) is 1. The highest BCUT2D eigenvalue weighted by atomic mass is 35.5. The van der Waals surface area contributed by atoms with Crippen molar-refractivity contribution in [2.45, 2.75) is 37.8 Å². The summed E-state index contributed by atoms with van der Waals surface area (Å²) in [7, 11) is -1.68. The number of carbonyl (C=O) groups is 2. The first-order valence-electron chi connectivity index (χ1n) is 7.34. The predicted molar refractivity (Wildman–Crippen MR) is 91.6 cm³/mol. The zero-order valence-corrected chi connectivity index (χ0v) is 16.1. The topological polar surface area (TPSA) is 102 Å². The number of nitrogens with one attached hydrogen (secondary N) is 1. The maximum Gasteiger partial charge on any atom is 0.338 e. The maximum absolute atomic E-state index is 12.3. The molecular weight excluding hydrogens is 372 g/mol. The largest absolute Gasteiger partial charge is 0.449 e. The van der Waals surface area contributed by atoms with Gasteiger partial charge < -0.3 is 10.1 Å². The van der Waals surface area contributed by atoms with E-state index in [1.807, 2.05) is 0 Å². The molecule has 1 atom stereocenters. The molecule has 1 unspecified atom stereocenters. The van der Waals surface area contributed by atoms with Gasteiger partial charge in [-0.25, -0.2) is 13.2 Å². The Hall–Kier alpha value is -1.68. The van der Waals surface area contributed by atoms with Gasteiger partial charge in [-0.05, 0) is 39.0 Å². The van der Waals surface area contributed by atoms with E-state index in [1.165, 1.54) is 33.2 Å². The Morgan fingerprint density at radius 1 is 1.24 bits per heavy atom. The fraction of sp³-hybridized carbons (Fsp3) is 0.467. The Balaban J connectivity index is 3.06. The molecule has 1 aromatic carbocycles. The Morgan fingerprint density at radius 2 is 1.84 bits per heavy atom. The van der Waals surface area contributed by atoms with Crippen LogP contribution in [-0.4, -0.2) is 51.1 Å². The van der Waals surface area contributed by atoms with E-state index in [2.05, 4.69) is 10.2 Å². The van der Waals surface area contributed by atoms with Crippen LogP contribution in [0.25, 0.3) is 0 Å². The lowest BCUT2D eigenvalue weighted by atomic mass is 10.2. The molecule has 8 nitrogen and oxygen atoms in total. The van der Waals surface area contributed by atoms with Gasteiger partial charge in [-0.2, -0.15) is 0 Å². The van der Waals surface area contributed by atoms with Crippen molar-refractivity contribution in [2.75, 3.05) is 14.2 Å². The number of esters is 1. The summed E-state index contributed by atoms with van der Waals surface area (Å²) in [5.41, 5.74) is -0.0586. The zero-order valence-electron chi connectivity index (χ0n) is 14.6. The van der Waals surface area contributed by atoms with E-state index in [0.29, 0.717) is 4.47 Å². The van der Waals surface area contributed by atoms with Crippen molar-refractivity contribution in [3.8, 4) is 0 Å². The quantitative estimate of drug-likeness (QED) is 0.558. The van der Waals surface area contributed by atoms with Crippen LogP contribution in [0.1, 0.15) is 31.1 Å². The van der Waals surface area contributed by atoms with Crippen LogP contribution < -0.4 is 5.32 Å². The number of carbonyl (C=O) groups excluding carboxylic acids is 2. The Bertz CT molecular complexity index is 750. The van der Waals surface area contributed by atoms with E-state index in [0.717, 1.165) is 6.07 Å². The third-order valence-corrected chi connectivity index (χ3v) is 5.29. The number of hydrogen-bond acceptors (Lipinski definition) is 6. The van der Waals surface area contributed by atoms with Crippen molar-refractivity contribution >= 4 is 33.5 Å². The second-order valence-corrected chi connectivity index (χ2v) is 7.76. The van der Waals surface area contributed by atoms with Gasteiger partial charge in [-0.1, -0.05) is 16.1 Å². The monoisotopic (exact) mass is 392 g/mol. The fourth-order valence-corrected chi connectivity index (χ4v) is 3.22. The molecule has 1 N–H and O–H groups in total. The van der Waals surface area contributed by atoms with Crippen LogP contribution in [0, 0.1) is 0 Å². The summed E-state index contributed by atoms with van der Waals surface area (Å²) in [6, 6.07) is 3.53. The molecule has 0 aliphatic heterocycles. The standard InChI is InChI=1S/C15H21ClN2O6S/c1-9(2)17-14(19)10(3)24-15(20)11-6-7-12(16)13(8-11)25(21,22)18(4)23-5/h6-10H,1-5H3,(H,17,19). The molecule has 140 valence electrons. The van der Waals surface area contributed by atoms with Crippen molar-refractivity contribution in [2.24, 2.45) is 0 Å². The minimum absolute atomic E-state index is 0.0586. The van der Waals surface area contributed by atoms with Crippen molar-refractivity contribution in [3.63, 3.8) is 0 Å². The first kappa shape index (κ1) is 21.4. The summed E-state index contributed by atoms with van der Waals surface area (Å²) >= 11 is 5.92. The number of sulfonamides is 1. The van der Waals surface area contributed by atoms with E-state index < -0.39 is 28.0 Å². The summed E-state index contributed by atoms with van der Waals surface area (Å²) in [6.07, 6.45) is -1.03. The van der Waals surface area contributed by atoms with Gasteiger partial charge in [-0.15, -0.1) is 0 Å². The number of hydrogen-bond donors (Lipinski definition) is 1. The van der Waals surface area contributed by atoms with Gasteiger partial charge in [0.1, 0.15) is 4.90 Å². The van der Waals surface area contributed by atoms with Crippen LogP contribution in [0.5, 0.6) is 0 Å². The second kappa shape index (κ2) is 8.61. The van der Waals surface area contributed by atoms with Crippen LogP contribution in [0.4, 0.5) is 0 Å². The molecule has 0 fully saturated rings. The maximum atomic E-state index is 12.3. The number of halogens is 1. The lowest BCUT2D eigenvalue weighted by molar-refractivity contribution is -0.129. The molecule has 0 saturated carbocycles. The van der Waals surface area contributed by atoms with Crippen molar-refractivity contribution in [3.05, 3.63) is 28.8 Å². The van der Waals surface area contributed by atoms with E-state index in [1.54, 1.807) is 13.8 Å². The molecule has 0 heterocycles. The number of hydroxylamine groups is 1. The molecule has 0 radical (unpaired) electrons. The molecule has 1 rings (SSSR count). The van der Waals surface area contributed by atoms with Gasteiger partial charge in [0.25, 0.3) is 15.9 Å². The smallest absolute Gasteiger partial charge is 0.338 e. The molecule has 1 amide bonds. The average Bonchev–Trinajstić information content (AvgIpc) is 2.53. The molecule has 0 aliphatic rings. The van der Waals surface area contributed by atoms with Crippen LogP contribution in [0.2, 0.25) is 5.02 Å². The van der Waals surface area contributed by atoms with Gasteiger partial charge in [0.05, 0.1) is 17.7 Å². The normalized spacial score (nSPS) is 13.0. The first-order chi connectivity index (χ1) is 11.5. The highest BCUT2D eigenvalue weighted by Crippen LogP contribution is 2.25. The van der Waals surface area contributed by atoms with E-state index in [4.69, 9.17) is 16.3 Å². The minimum atomic E-state index is -4.04. The Morgan fingerprint density at radius 3 is 2.36 bits per heavy atom. The first-order valence-corrected chi connectivity index (χ1v) is 9.16. The van der Waals surface area contributed by atoms with Gasteiger partial charge in [0, 0.05) is 13.1 Å². The predicted octanol–water partition coefficient (Wildman–Crippen LogP) is 1.59. The van der Waals surface area contributed by atoms with Crippen molar-refractivity contribution in [1.29, 1.82) is 0 Å². The molecule has 10 heteroatoms. The highest BCUT2D eigenvalue weighted by molar-refractivity contribution is 7.89. The summed E-state index contributed by atoms with van der Waals surface area (Å²) in [4.78, 5) is 28.4. The molecule has 0 aromatic heterocycles. The van der Waals surface area contributed by atoms with Crippen LogP contribution in [-0.2, 0) is 24.4 Å². The van der Waals surface area contributed by atoms with Crippen LogP contribution in [0.15, 0.2) is 23.1 Å². The fourth-order valence-electron chi connectivity index (χ4n) is 1.75. The van der Waals surface area contributed by atoms with Crippen molar-refractivity contribution in [1.82, 2.24) is 9.79 Å². The van der Waals surface area contributed by atoms with Gasteiger partial charge in [-0.3, -0.25) is 9.63 Å². The molecule has 25 heavy (non-hydrogen) atoms. The number of nitrogens with zero attached hydrogens (tertiary/aromatic N) is 1. The third kappa shape index (κ3) is 5.40. The number of rotatable bonds is 7. The summed E-state index contributed by atoms with van der Waals surface area (Å²) in [6.45, 7) is 4.96. The highest BCUT2D eigenvalue weighted by Gasteiger charge is 2.26. The molecule has 0 saturated heterocycles. The average molecular weight is 393 g/mol.